The molecule has 186 valence electrons. The number of nitrogens with one attached hydrogen (secondary N) is 1. The van der Waals surface area contributed by atoms with Gasteiger partial charge in [0.25, 0.3) is 0 Å². The summed E-state index contributed by atoms with van der Waals surface area (Å²) >= 11 is 8.20. The Balaban J connectivity index is 1.42. The lowest BCUT2D eigenvalue weighted by atomic mass is 9.90. The highest BCUT2D eigenvalue weighted by Crippen LogP contribution is 2.38. The van der Waals surface area contributed by atoms with Crippen LogP contribution in [0.4, 0.5) is 5.95 Å². The molecule has 0 atom stereocenters. The summed E-state index contributed by atoms with van der Waals surface area (Å²) in [7, 11) is 4.06. The zero-order chi connectivity index (χ0) is 25.1. The van der Waals surface area contributed by atoms with Gasteiger partial charge >= 0.3 is 0 Å². The average Bonchev–Trinajstić information content (AvgIpc) is 3.31. The first-order valence-electron chi connectivity index (χ1n) is 12.0. The van der Waals surface area contributed by atoms with Crippen molar-refractivity contribution in [2.75, 3.05) is 24.9 Å². The molecule has 0 spiro atoms. The molecule has 1 aliphatic rings. The molecular formula is C27H29ClN6OS. The standard InChI is InChI=1S/C27H29ClN6OS/c1-18-6-4-5-7-23(18)25-24(28)26(31-27(30-25)32-36-22-16-29-34(3)17-22)35-21-10-8-19(9-11-21)20-12-14-33(2)15-13-20/h4-11,16-17,20H,12-15H2,1-3H3,(H,30,31,32). The summed E-state index contributed by atoms with van der Waals surface area (Å²) in [6.45, 7) is 4.30. The maximum Gasteiger partial charge on any atom is 0.243 e. The number of hydrogen-bond acceptors (Lipinski definition) is 7. The van der Waals surface area contributed by atoms with Crippen LogP contribution in [0.5, 0.6) is 11.6 Å². The van der Waals surface area contributed by atoms with Gasteiger partial charge in [0.1, 0.15) is 10.8 Å². The second kappa shape index (κ2) is 10.9. The lowest BCUT2D eigenvalue weighted by Crippen LogP contribution is -2.29. The molecule has 1 saturated heterocycles. The molecule has 7 nitrogen and oxygen atoms in total. The van der Waals surface area contributed by atoms with Gasteiger partial charge in [-0.1, -0.05) is 48.0 Å². The van der Waals surface area contributed by atoms with Gasteiger partial charge in [-0.05, 0) is 81.0 Å². The number of piperidine rings is 1. The predicted molar refractivity (Wildman–Crippen MR) is 146 cm³/mol. The van der Waals surface area contributed by atoms with Crippen LogP contribution in [0.3, 0.4) is 0 Å². The van der Waals surface area contributed by atoms with Crippen molar-refractivity contribution in [2.45, 2.75) is 30.6 Å². The zero-order valence-corrected chi connectivity index (χ0v) is 22.2. The van der Waals surface area contributed by atoms with Crippen molar-refractivity contribution in [1.82, 2.24) is 24.6 Å². The third kappa shape index (κ3) is 5.67. The van der Waals surface area contributed by atoms with E-state index in [1.807, 2.05) is 56.6 Å². The van der Waals surface area contributed by atoms with Gasteiger partial charge in [0.15, 0.2) is 0 Å². The highest BCUT2D eigenvalue weighted by atomic mass is 35.5. The molecule has 1 fully saturated rings. The van der Waals surface area contributed by atoms with E-state index in [0.717, 1.165) is 29.1 Å². The fraction of sp³-hybridized carbons (Fsp3) is 0.296. The van der Waals surface area contributed by atoms with E-state index in [-0.39, 0.29) is 0 Å². The zero-order valence-electron chi connectivity index (χ0n) is 20.6. The molecule has 0 amide bonds. The number of anilines is 1. The first-order chi connectivity index (χ1) is 17.5. The molecule has 0 radical (unpaired) electrons. The van der Waals surface area contributed by atoms with Crippen LogP contribution < -0.4 is 9.46 Å². The van der Waals surface area contributed by atoms with E-state index in [2.05, 4.69) is 38.9 Å². The lowest BCUT2D eigenvalue weighted by molar-refractivity contribution is 0.255. The number of aryl methyl sites for hydroxylation is 2. The topological polar surface area (TPSA) is 68.1 Å². The minimum Gasteiger partial charge on any atom is -0.437 e. The third-order valence-corrected chi connectivity index (χ3v) is 7.52. The van der Waals surface area contributed by atoms with Crippen molar-refractivity contribution in [3.8, 4) is 22.9 Å². The van der Waals surface area contributed by atoms with Crippen molar-refractivity contribution in [3.05, 3.63) is 77.1 Å². The number of rotatable bonds is 7. The van der Waals surface area contributed by atoms with Gasteiger partial charge in [-0.3, -0.25) is 9.40 Å². The summed E-state index contributed by atoms with van der Waals surface area (Å²) in [6.07, 6.45) is 6.05. The fourth-order valence-corrected chi connectivity index (χ4v) is 5.20. The van der Waals surface area contributed by atoms with Crippen LogP contribution in [-0.4, -0.2) is 44.8 Å². The summed E-state index contributed by atoms with van der Waals surface area (Å²) in [6, 6.07) is 16.3. The molecule has 36 heavy (non-hydrogen) atoms. The highest BCUT2D eigenvalue weighted by Gasteiger charge is 2.20. The summed E-state index contributed by atoms with van der Waals surface area (Å²) in [5.74, 6) is 2.00. The normalized spacial score (nSPS) is 14.7. The highest BCUT2D eigenvalue weighted by molar-refractivity contribution is 8.00. The van der Waals surface area contributed by atoms with Gasteiger partial charge in [0, 0.05) is 18.8 Å². The van der Waals surface area contributed by atoms with Gasteiger partial charge < -0.3 is 9.64 Å². The Morgan fingerprint density at radius 1 is 1.03 bits per heavy atom. The van der Waals surface area contributed by atoms with E-state index in [0.29, 0.717) is 34.2 Å². The second-order valence-electron chi connectivity index (χ2n) is 9.13. The van der Waals surface area contributed by atoms with E-state index >= 15 is 0 Å². The number of aromatic nitrogens is 4. The number of halogens is 1. The third-order valence-electron chi connectivity index (χ3n) is 6.45. The van der Waals surface area contributed by atoms with Crippen LogP contribution in [-0.2, 0) is 7.05 Å². The van der Waals surface area contributed by atoms with Crippen LogP contribution in [0, 0.1) is 6.92 Å². The van der Waals surface area contributed by atoms with Crippen LogP contribution >= 0.6 is 23.5 Å². The minimum absolute atomic E-state index is 0.311. The molecule has 1 aliphatic heterocycles. The molecule has 2 aromatic heterocycles. The number of benzene rings is 2. The predicted octanol–water partition coefficient (Wildman–Crippen LogP) is 6.56. The van der Waals surface area contributed by atoms with Gasteiger partial charge in [-0.25, -0.2) is 4.98 Å². The Hall–Kier alpha value is -3.07. The number of nitrogens with zero attached hydrogens (tertiary/aromatic N) is 5. The van der Waals surface area contributed by atoms with E-state index < -0.39 is 0 Å². The largest absolute Gasteiger partial charge is 0.437 e. The first-order valence-corrected chi connectivity index (χ1v) is 13.2. The van der Waals surface area contributed by atoms with Crippen LogP contribution in [0.15, 0.2) is 65.8 Å². The monoisotopic (exact) mass is 520 g/mol. The SMILES string of the molecule is Cc1ccccc1-c1nc(NSc2cnn(C)c2)nc(Oc2ccc(C3CCN(C)CC3)cc2)c1Cl. The van der Waals surface area contributed by atoms with Gasteiger partial charge in [-0.15, -0.1) is 0 Å². The van der Waals surface area contributed by atoms with Crippen molar-refractivity contribution < 1.29 is 4.74 Å². The van der Waals surface area contributed by atoms with Gasteiger partial charge in [-0.2, -0.15) is 10.1 Å². The minimum atomic E-state index is 0.311. The van der Waals surface area contributed by atoms with Crippen molar-refractivity contribution in [2.24, 2.45) is 7.05 Å². The second-order valence-corrected chi connectivity index (χ2v) is 10.4. The Labute approximate surface area is 221 Å². The van der Waals surface area contributed by atoms with E-state index in [9.17, 15) is 0 Å². The molecule has 0 bridgehead atoms. The Bertz CT molecular complexity index is 1330. The average molecular weight is 521 g/mol. The number of ether oxygens (including phenoxy) is 1. The molecule has 1 N–H and O–H groups in total. The molecule has 5 rings (SSSR count). The van der Waals surface area contributed by atoms with E-state index in [4.69, 9.17) is 21.3 Å². The molecule has 0 aliphatic carbocycles. The smallest absolute Gasteiger partial charge is 0.243 e. The Morgan fingerprint density at radius 2 is 1.78 bits per heavy atom. The van der Waals surface area contributed by atoms with Crippen LogP contribution in [0.1, 0.15) is 29.9 Å². The summed E-state index contributed by atoms with van der Waals surface area (Å²) < 4.78 is 11.2. The van der Waals surface area contributed by atoms with Gasteiger partial charge in [0.2, 0.25) is 11.8 Å². The van der Waals surface area contributed by atoms with E-state index in [1.165, 1.54) is 30.4 Å². The summed E-state index contributed by atoms with van der Waals surface area (Å²) in [5, 5.41) is 4.58. The molecule has 0 saturated carbocycles. The molecule has 0 unspecified atom stereocenters. The molecule has 9 heteroatoms. The maximum atomic E-state index is 6.82. The fourth-order valence-electron chi connectivity index (χ4n) is 4.37. The first kappa shape index (κ1) is 24.6. The van der Waals surface area contributed by atoms with Crippen molar-refractivity contribution in [1.29, 1.82) is 0 Å². The summed E-state index contributed by atoms with van der Waals surface area (Å²) in [5.41, 5.74) is 3.97. The molecule has 2 aromatic carbocycles. The maximum absolute atomic E-state index is 6.82. The Kier molecular flexibility index (Phi) is 7.46. The lowest BCUT2D eigenvalue weighted by Gasteiger charge is -2.29. The van der Waals surface area contributed by atoms with Crippen molar-refractivity contribution >= 4 is 29.5 Å². The van der Waals surface area contributed by atoms with E-state index in [1.54, 1.807) is 10.9 Å². The van der Waals surface area contributed by atoms with Crippen LogP contribution in [0.2, 0.25) is 5.02 Å². The molecular weight excluding hydrogens is 492 g/mol. The summed E-state index contributed by atoms with van der Waals surface area (Å²) in [4.78, 5) is 12.6. The molecule has 3 heterocycles. The van der Waals surface area contributed by atoms with Gasteiger partial charge in [0.05, 0.1) is 16.8 Å². The van der Waals surface area contributed by atoms with Crippen molar-refractivity contribution in [3.63, 3.8) is 0 Å². The quantitative estimate of drug-likeness (QED) is 0.277. The number of likely N-dealkylation sites (tertiary alicyclic amines) is 1. The van der Waals surface area contributed by atoms with Crippen LogP contribution in [0.25, 0.3) is 11.3 Å². The Morgan fingerprint density at radius 3 is 2.47 bits per heavy atom. The number of hydrogen-bond donors (Lipinski definition) is 1. The molecule has 4 aromatic rings.